The fourth-order valence-corrected chi connectivity index (χ4v) is 1.22. The van der Waals surface area contributed by atoms with Gasteiger partial charge in [-0.1, -0.05) is 6.92 Å². The molecule has 0 aliphatic heterocycles. The summed E-state index contributed by atoms with van der Waals surface area (Å²) < 4.78 is 0. The van der Waals surface area contributed by atoms with Gasteiger partial charge < -0.3 is 10.4 Å². The molecule has 0 saturated heterocycles. The molecule has 2 nitrogen and oxygen atoms in total. The van der Waals surface area contributed by atoms with Crippen molar-refractivity contribution >= 4 is 0 Å². The lowest BCUT2D eigenvalue weighted by Crippen LogP contribution is -2.37. The summed E-state index contributed by atoms with van der Waals surface area (Å²) in [6, 6.07) is 0.553. The van der Waals surface area contributed by atoms with Crippen molar-refractivity contribution in [3.63, 3.8) is 0 Å². The second kappa shape index (κ2) is 3.11. The van der Waals surface area contributed by atoms with Gasteiger partial charge in [0.1, 0.15) is 0 Å². The van der Waals surface area contributed by atoms with Crippen LogP contribution in [0.5, 0.6) is 0 Å². The number of aliphatic hydroxyl groups excluding tert-OH is 1. The molecule has 1 saturated carbocycles. The molecule has 0 aromatic carbocycles. The van der Waals surface area contributed by atoms with Crippen molar-refractivity contribution in [3.05, 3.63) is 0 Å². The van der Waals surface area contributed by atoms with Crippen LogP contribution in [-0.2, 0) is 0 Å². The summed E-state index contributed by atoms with van der Waals surface area (Å²) in [4.78, 5) is 0. The van der Waals surface area contributed by atoms with E-state index in [9.17, 15) is 0 Å². The van der Waals surface area contributed by atoms with E-state index in [0.29, 0.717) is 11.5 Å². The minimum Gasteiger partial charge on any atom is -0.392 e. The third-order valence-corrected chi connectivity index (χ3v) is 2.80. The normalized spacial score (nSPS) is 26.2. The molecule has 0 amide bonds. The molecule has 1 aliphatic rings. The predicted molar refractivity (Wildman–Crippen MR) is 46.5 cm³/mol. The van der Waals surface area contributed by atoms with Crippen molar-refractivity contribution in [3.8, 4) is 0 Å². The quantitative estimate of drug-likeness (QED) is 0.641. The first-order valence-electron chi connectivity index (χ1n) is 4.46. The van der Waals surface area contributed by atoms with E-state index < -0.39 is 0 Å². The summed E-state index contributed by atoms with van der Waals surface area (Å²) in [5.41, 5.74) is 0.523. The van der Waals surface area contributed by atoms with Crippen LogP contribution in [0, 0.1) is 5.41 Å². The Morgan fingerprint density at radius 2 is 2.00 bits per heavy atom. The van der Waals surface area contributed by atoms with Crippen LogP contribution < -0.4 is 5.32 Å². The first-order chi connectivity index (χ1) is 5.04. The van der Waals surface area contributed by atoms with Crippen LogP contribution in [0.25, 0.3) is 0 Å². The van der Waals surface area contributed by atoms with Gasteiger partial charge in [0.05, 0.1) is 6.10 Å². The zero-order valence-electron chi connectivity index (χ0n) is 7.72. The Labute approximate surface area is 69.0 Å². The van der Waals surface area contributed by atoms with E-state index in [2.05, 4.69) is 19.2 Å². The van der Waals surface area contributed by atoms with Gasteiger partial charge in [-0.25, -0.2) is 0 Å². The number of nitrogens with one attached hydrogen (secondary N) is 1. The molecule has 1 rings (SSSR count). The molecule has 1 aliphatic carbocycles. The van der Waals surface area contributed by atoms with E-state index in [1.54, 1.807) is 0 Å². The Morgan fingerprint density at radius 1 is 1.45 bits per heavy atom. The third kappa shape index (κ3) is 2.46. The Hall–Kier alpha value is -0.0800. The number of hydrogen-bond acceptors (Lipinski definition) is 2. The maximum atomic E-state index is 9.02. The van der Waals surface area contributed by atoms with E-state index in [0.717, 1.165) is 6.54 Å². The fourth-order valence-electron chi connectivity index (χ4n) is 1.22. The van der Waals surface area contributed by atoms with Crippen molar-refractivity contribution in [2.45, 2.75) is 45.8 Å². The highest BCUT2D eigenvalue weighted by Gasteiger charge is 2.42. The van der Waals surface area contributed by atoms with Crippen molar-refractivity contribution in [1.82, 2.24) is 5.32 Å². The average Bonchev–Trinajstić information content (AvgIpc) is 2.64. The Balaban J connectivity index is 2.16. The van der Waals surface area contributed by atoms with Crippen LogP contribution in [0.2, 0.25) is 0 Å². The Kier molecular flexibility index (Phi) is 2.55. The zero-order chi connectivity index (χ0) is 8.48. The standard InChI is InChI=1S/C9H19NO/c1-7(11)6-10-8(2)9(3)4-5-9/h7-8,10-11H,4-6H2,1-3H3/t7-,8?/m0/s1. The molecule has 11 heavy (non-hydrogen) atoms. The van der Waals surface area contributed by atoms with Gasteiger partial charge in [-0.05, 0) is 32.1 Å². The molecule has 2 N–H and O–H groups in total. The van der Waals surface area contributed by atoms with E-state index >= 15 is 0 Å². The van der Waals surface area contributed by atoms with Crippen LogP contribution in [0.4, 0.5) is 0 Å². The third-order valence-electron chi connectivity index (χ3n) is 2.80. The Morgan fingerprint density at radius 3 is 2.36 bits per heavy atom. The average molecular weight is 157 g/mol. The molecule has 0 radical (unpaired) electrons. The van der Waals surface area contributed by atoms with Gasteiger partial charge in [-0.3, -0.25) is 0 Å². The lowest BCUT2D eigenvalue weighted by molar-refractivity contribution is 0.180. The molecule has 0 aromatic rings. The van der Waals surface area contributed by atoms with E-state index in [1.165, 1.54) is 12.8 Å². The van der Waals surface area contributed by atoms with Crippen molar-refractivity contribution in [2.24, 2.45) is 5.41 Å². The van der Waals surface area contributed by atoms with Crippen LogP contribution in [0.15, 0.2) is 0 Å². The minimum atomic E-state index is -0.222. The molecule has 2 heteroatoms. The lowest BCUT2D eigenvalue weighted by Gasteiger charge is -2.21. The predicted octanol–water partition coefficient (Wildman–Crippen LogP) is 1.15. The fraction of sp³-hybridized carbons (Fsp3) is 1.00. The first kappa shape index (κ1) is 9.01. The van der Waals surface area contributed by atoms with Crippen LogP contribution in [0.1, 0.15) is 33.6 Å². The van der Waals surface area contributed by atoms with E-state index in [-0.39, 0.29) is 6.10 Å². The molecule has 1 unspecified atom stereocenters. The highest BCUT2D eigenvalue weighted by Crippen LogP contribution is 2.47. The largest absolute Gasteiger partial charge is 0.392 e. The van der Waals surface area contributed by atoms with Gasteiger partial charge in [-0.2, -0.15) is 0 Å². The maximum absolute atomic E-state index is 9.02. The van der Waals surface area contributed by atoms with Crippen LogP contribution in [0.3, 0.4) is 0 Å². The molecule has 0 bridgehead atoms. The highest BCUT2D eigenvalue weighted by atomic mass is 16.3. The van der Waals surface area contributed by atoms with Gasteiger partial charge in [-0.15, -0.1) is 0 Å². The van der Waals surface area contributed by atoms with Crippen molar-refractivity contribution in [1.29, 1.82) is 0 Å². The maximum Gasteiger partial charge on any atom is 0.0636 e. The smallest absolute Gasteiger partial charge is 0.0636 e. The Bertz CT molecular complexity index is 130. The molecule has 0 heterocycles. The number of rotatable bonds is 4. The van der Waals surface area contributed by atoms with Crippen molar-refractivity contribution < 1.29 is 5.11 Å². The van der Waals surface area contributed by atoms with Crippen molar-refractivity contribution in [2.75, 3.05) is 6.54 Å². The molecule has 0 aromatic heterocycles. The summed E-state index contributed by atoms with van der Waals surface area (Å²) in [7, 11) is 0. The molecular weight excluding hydrogens is 138 g/mol. The zero-order valence-corrected chi connectivity index (χ0v) is 7.72. The summed E-state index contributed by atoms with van der Waals surface area (Å²) in [6.45, 7) is 7.04. The van der Waals surface area contributed by atoms with Crippen LogP contribution >= 0.6 is 0 Å². The number of aliphatic hydroxyl groups is 1. The van der Waals surface area contributed by atoms with Gasteiger partial charge in [0.25, 0.3) is 0 Å². The second-order valence-corrected chi connectivity index (χ2v) is 4.13. The summed E-state index contributed by atoms with van der Waals surface area (Å²) in [5.74, 6) is 0. The topological polar surface area (TPSA) is 32.3 Å². The summed E-state index contributed by atoms with van der Waals surface area (Å²) >= 11 is 0. The molecule has 1 fully saturated rings. The molecule has 2 atom stereocenters. The lowest BCUT2D eigenvalue weighted by atomic mass is 10.0. The first-order valence-corrected chi connectivity index (χ1v) is 4.46. The minimum absolute atomic E-state index is 0.222. The molecule has 0 spiro atoms. The molecule has 66 valence electrons. The van der Waals surface area contributed by atoms with E-state index in [4.69, 9.17) is 5.11 Å². The highest BCUT2D eigenvalue weighted by molar-refractivity contribution is 4.96. The summed E-state index contributed by atoms with van der Waals surface area (Å²) in [6.07, 6.45) is 2.45. The van der Waals surface area contributed by atoms with E-state index in [1.807, 2.05) is 6.92 Å². The second-order valence-electron chi connectivity index (χ2n) is 4.13. The SMILES string of the molecule is CC(NC[C@H](C)O)C1(C)CC1. The monoisotopic (exact) mass is 157 g/mol. The van der Waals surface area contributed by atoms with Gasteiger partial charge in [0, 0.05) is 12.6 Å². The van der Waals surface area contributed by atoms with Gasteiger partial charge >= 0.3 is 0 Å². The van der Waals surface area contributed by atoms with Crippen LogP contribution in [-0.4, -0.2) is 23.8 Å². The van der Waals surface area contributed by atoms with Gasteiger partial charge in [0.15, 0.2) is 0 Å². The number of hydrogen-bond donors (Lipinski definition) is 2. The molecular formula is C9H19NO. The summed E-state index contributed by atoms with van der Waals surface area (Å²) in [5, 5.41) is 12.4. The van der Waals surface area contributed by atoms with Gasteiger partial charge in [0.2, 0.25) is 0 Å².